The molecule has 0 saturated heterocycles. The molecule has 1 amide bonds. The molecule has 0 heterocycles. The van der Waals surface area contributed by atoms with E-state index in [0.717, 1.165) is 18.8 Å². The molecule has 0 radical (unpaired) electrons. The van der Waals surface area contributed by atoms with Gasteiger partial charge in [0, 0.05) is 12.5 Å². The number of rotatable bonds is 15. The molecule has 0 aromatic rings. The Morgan fingerprint density at radius 2 is 1.23 bits per heavy atom. The molecule has 0 aliphatic heterocycles. The lowest BCUT2D eigenvalue weighted by molar-refractivity contribution is -0.125. The second kappa shape index (κ2) is 12.0. The molecule has 0 unspecified atom stereocenters. The smallest absolute Gasteiger partial charge is 0.220 e. The maximum atomic E-state index is 12.0. The van der Waals surface area contributed by atoms with E-state index >= 15 is 0 Å². The normalized spacial score (nSPS) is 27.2. The monoisotopic (exact) mass is 363 g/mol. The molecular formula is C24H45NO. The van der Waals surface area contributed by atoms with Crippen molar-refractivity contribution in [1.29, 1.82) is 0 Å². The average Bonchev–Trinajstić information content (AvgIpc) is 2.56. The van der Waals surface area contributed by atoms with Gasteiger partial charge in [0.25, 0.3) is 0 Å². The third-order valence-electron chi connectivity index (χ3n) is 6.79. The molecule has 1 N–H and O–H groups in total. The fraction of sp³-hybridized carbons (Fsp3) is 0.958. The first-order valence-electron chi connectivity index (χ1n) is 11.9. The van der Waals surface area contributed by atoms with Gasteiger partial charge in [-0.15, -0.1) is 0 Å². The van der Waals surface area contributed by atoms with Gasteiger partial charge in [-0.05, 0) is 43.4 Å². The maximum absolute atomic E-state index is 12.0. The van der Waals surface area contributed by atoms with Crippen LogP contribution in [0.25, 0.3) is 0 Å². The quantitative estimate of drug-likeness (QED) is 0.307. The van der Waals surface area contributed by atoms with E-state index in [0.29, 0.717) is 17.4 Å². The largest absolute Gasteiger partial charge is 0.353 e. The topological polar surface area (TPSA) is 29.1 Å². The van der Waals surface area contributed by atoms with Crippen molar-refractivity contribution in [3.8, 4) is 0 Å². The molecule has 2 rings (SSSR count). The zero-order valence-electron chi connectivity index (χ0n) is 17.8. The number of hydrogen-bond donors (Lipinski definition) is 1. The van der Waals surface area contributed by atoms with Crippen molar-refractivity contribution in [1.82, 2.24) is 5.32 Å². The summed E-state index contributed by atoms with van der Waals surface area (Å²) in [6.45, 7) is 4.64. The van der Waals surface area contributed by atoms with Gasteiger partial charge in [-0.1, -0.05) is 90.9 Å². The van der Waals surface area contributed by atoms with Crippen LogP contribution < -0.4 is 5.32 Å². The van der Waals surface area contributed by atoms with Gasteiger partial charge in [0.2, 0.25) is 5.91 Å². The van der Waals surface area contributed by atoms with E-state index in [-0.39, 0.29) is 0 Å². The van der Waals surface area contributed by atoms with Crippen LogP contribution in [-0.2, 0) is 4.79 Å². The molecule has 2 nitrogen and oxygen atoms in total. The lowest BCUT2D eigenvalue weighted by Gasteiger charge is -2.57. The van der Waals surface area contributed by atoms with Gasteiger partial charge in [-0.3, -0.25) is 4.79 Å². The van der Waals surface area contributed by atoms with Crippen LogP contribution >= 0.6 is 0 Å². The summed E-state index contributed by atoms with van der Waals surface area (Å²) < 4.78 is 0. The standard InChI is InChI=1S/C24H45NO/c1-3-4-5-6-7-8-9-10-11-12-13-14-15-16-23(26)25-22-19-24(20-22)17-21(2)18-24/h21-22H,3-20H2,1-2H3,(H,25,26). The Balaban J connectivity index is 1.28. The highest BCUT2D eigenvalue weighted by Gasteiger charge is 2.51. The van der Waals surface area contributed by atoms with Gasteiger partial charge in [0.1, 0.15) is 0 Å². The molecule has 0 aromatic carbocycles. The lowest BCUT2D eigenvalue weighted by Crippen LogP contribution is -2.55. The van der Waals surface area contributed by atoms with Crippen LogP contribution in [0.1, 0.15) is 129 Å². The molecule has 0 bridgehead atoms. The number of nitrogens with one attached hydrogen (secondary N) is 1. The number of amides is 1. The number of carbonyl (C=O) groups excluding carboxylic acids is 1. The summed E-state index contributed by atoms with van der Waals surface area (Å²) in [5.74, 6) is 1.23. The Labute approximate surface area is 163 Å². The van der Waals surface area contributed by atoms with Gasteiger partial charge in [-0.2, -0.15) is 0 Å². The Bertz CT molecular complexity index is 378. The van der Waals surface area contributed by atoms with Crippen molar-refractivity contribution in [2.45, 2.75) is 135 Å². The van der Waals surface area contributed by atoms with E-state index in [1.54, 1.807) is 0 Å². The third kappa shape index (κ3) is 8.01. The highest BCUT2D eigenvalue weighted by atomic mass is 16.1. The van der Waals surface area contributed by atoms with Gasteiger partial charge >= 0.3 is 0 Å². The van der Waals surface area contributed by atoms with Crippen LogP contribution in [0.3, 0.4) is 0 Å². The lowest BCUT2D eigenvalue weighted by atomic mass is 9.50. The van der Waals surface area contributed by atoms with E-state index < -0.39 is 0 Å². The van der Waals surface area contributed by atoms with Crippen LogP contribution in [0, 0.1) is 11.3 Å². The summed E-state index contributed by atoms with van der Waals surface area (Å²) in [6, 6.07) is 0.497. The number of carbonyl (C=O) groups is 1. The average molecular weight is 364 g/mol. The number of hydrogen-bond acceptors (Lipinski definition) is 1. The first kappa shape index (κ1) is 21.8. The molecule has 1 spiro atoms. The maximum Gasteiger partial charge on any atom is 0.220 e. The Morgan fingerprint density at radius 1 is 0.769 bits per heavy atom. The van der Waals surface area contributed by atoms with Crippen LogP contribution in [0.15, 0.2) is 0 Å². The first-order chi connectivity index (χ1) is 12.6. The fourth-order valence-electron chi connectivity index (χ4n) is 5.44. The van der Waals surface area contributed by atoms with Crippen molar-refractivity contribution in [2.75, 3.05) is 0 Å². The van der Waals surface area contributed by atoms with E-state index in [4.69, 9.17) is 0 Å². The first-order valence-corrected chi connectivity index (χ1v) is 11.9. The summed E-state index contributed by atoms with van der Waals surface area (Å²) in [5, 5.41) is 3.26. The van der Waals surface area contributed by atoms with E-state index in [1.807, 2.05) is 0 Å². The SMILES string of the molecule is CCCCCCCCCCCCCCCC(=O)NC1CC2(CC(C)C2)C1. The molecule has 2 heteroatoms. The highest BCUT2D eigenvalue weighted by molar-refractivity contribution is 5.76. The summed E-state index contributed by atoms with van der Waals surface area (Å²) in [7, 11) is 0. The second-order valence-electron chi connectivity index (χ2n) is 9.68. The summed E-state index contributed by atoms with van der Waals surface area (Å²) in [5.41, 5.74) is 0.646. The van der Waals surface area contributed by atoms with Gasteiger partial charge in [0.05, 0.1) is 0 Å². The zero-order valence-corrected chi connectivity index (χ0v) is 17.8. The van der Waals surface area contributed by atoms with Crippen LogP contribution in [-0.4, -0.2) is 11.9 Å². The molecule has 0 aromatic heterocycles. The summed E-state index contributed by atoms with van der Waals surface area (Å²) >= 11 is 0. The van der Waals surface area contributed by atoms with Crippen molar-refractivity contribution in [3.63, 3.8) is 0 Å². The van der Waals surface area contributed by atoms with E-state index in [1.165, 1.54) is 103 Å². The molecular weight excluding hydrogens is 318 g/mol. The predicted molar refractivity (Wildman–Crippen MR) is 112 cm³/mol. The van der Waals surface area contributed by atoms with Crippen molar-refractivity contribution >= 4 is 5.91 Å². The van der Waals surface area contributed by atoms with E-state index in [2.05, 4.69) is 19.2 Å². The highest BCUT2D eigenvalue weighted by Crippen LogP contribution is 2.58. The Kier molecular flexibility index (Phi) is 10.1. The molecule has 2 aliphatic carbocycles. The van der Waals surface area contributed by atoms with Gasteiger partial charge in [0.15, 0.2) is 0 Å². The summed E-state index contributed by atoms with van der Waals surface area (Å²) in [6.07, 6.45) is 23.8. The molecule has 26 heavy (non-hydrogen) atoms. The van der Waals surface area contributed by atoms with Gasteiger partial charge in [-0.25, -0.2) is 0 Å². The summed E-state index contributed by atoms with van der Waals surface area (Å²) in [4.78, 5) is 12.0. The van der Waals surface area contributed by atoms with Crippen LogP contribution in [0.4, 0.5) is 0 Å². The van der Waals surface area contributed by atoms with Crippen molar-refractivity contribution < 1.29 is 4.79 Å². The third-order valence-corrected chi connectivity index (χ3v) is 6.79. The molecule has 2 fully saturated rings. The second-order valence-corrected chi connectivity index (χ2v) is 9.68. The van der Waals surface area contributed by atoms with Crippen LogP contribution in [0.5, 0.6) is 0 Å². The van der Waals surface area contributed by atoms with Crippen molar-refractivity contribution in [3.05, 3.63) is 0 Å². The molecule has 152 valence electrons. The minimum Gasteiger partial charge on any atom is -0.353 e. The Morgan fingerprint density at radius 3 is 1.69 bits per heavy atom. The number of unbranched alkanes of at least 4 members (excludes halogenated alkanes) is 12. The molecule has 2 aliphatic rings. The van der Waals surface area contributed by atoms with E-state index in [9.17, 15) is 4.79 Å². The molecule has 2 saturated carbocycles. The minimum absolute atomic E-state index is 0.306. The van der Waals surface area contributed by atoms with Gasteiger partial charge < -0.3 is 5.32 Å². The molecule has 0 atom stereocenters. The van der Waals surface area contributed by atoms with Crippen molar-refractivity contribution in [2.24, 2.45) is 11.3 Å². The Hall–Kier alpha value is -0.530. The fourth-order valence-corrected chi connectivity index (χ4v) is 5.44. The predicted octanol–water partition coefficient (Wildman–Crippen LogP) is 7.16. The van der Waals surface area contributed by atoms with Crippen LogP contribution in [0.2, 0.25) is 0 Å². The minimum atomic E-state index is 0.306. The zero-order chi connectivity index (χ0) is 18.7.